The van der Waals surface area contributed by atoms with Gasteiger partial charge in [-0.3, -0.25) is 4.68 Å². The molecule has 1 aromatic heterocycles. The molecule has 8 heteroatoms. The van der Waals surface area contributed by atoms with Crippen LogP contribution in [-0.4, -0.2) is 44.9 Å². The number of halogens is 3. The van der Waals surface area contributed by atoms with Crippen LogP contribution in [0.5, 0.6) is 0 Å². The number of aryl methyl sites for hydroxylation is 1. The van der Waals surface area contributed by atoms with E-state index in [2.05, 4.69) is 10.4 Å². The van der Waals surface area contributed by atoms with Gasteiger partial charge in [-0.05, 0) is 19.8 Å². The Labute approximate surface area is 127 Å². The molecule has 2 atom stereocenters. The molecule has 1 saturated carbocycles. The Morgan fingerprint density at radius 1 is 1.45 bits per heavy atom. The lowest BCUT2D eigenvalue weighted by Gasteiger charge is -2.47. The first-order valence-electron chi connectivity index (χ1n) is 7.23. The number of hydrogen-bond acceptors (Lipinski definition) is 4. The number of hydrogen-bond donors (Lipinski definition) is 3. The summed E-state index contributed by atoms with van der Waals surface area (Å²) >= 11 is 0. The number of rotatable bonds is 6. The zero-order valence-electron chi connectivity index (χ0n) is 12.7. The fraction of sp³-hybridized carbons (Fsp3) is 0.786. The number of aromatic nitrogens is 2. The second kappa shape index (κ2) is 5.82. The molecule has 1 heterocycles. The highest BCUT2D eigenvalue weighted by molar-refractivity contribution is 5.17. The molecule has 5 nitrogen and oxygen atoms in total. The van der Waals surface area contributed by atoms with Crippen molar-refractivity contribution in [1.29, 1.82) is 0 Å². The fourth-order valence-electron chi connectivity index (χ4n) is 2.85. The van der Waals surface area contributed by atoms with Gasteiger partial charge in [0.25, 0.3) is 0 Å². The van der Waals surface area contributed by atoms with Crippen LogP contribution in [0.25, 0.3) is 0 Å². The van der Waals surface area contributed by atoms with E-state index in [1.165, 1.54) is 0 Å². The van der Waals surface area contributed by atoms with Crippen molar-refractivity contribution >= 4 is 0 Å². The summed E-state index contributed by atoms with van der Waals surface area (Å²) in [6.07, 6.45) is 0.958. The van der Waals surface area contributed by atoms with E-state index in [1.54, 1.807) is 24.1 Å². The van der Waals surface area contributed by atoms with Crippen molar-refractivity contribution in [3.05, 3.63) is 18.0 Å². The number of aliphatic hydroxyl groups is 2. The van der Waals surface area contributed by atoms with E-state index in [4.69, 9.17) is 0 Å². The van der Waals surface area contributed by atoms with Crippen LogP contribution in [0.3, 0.4) is 0 Å². The smallest absolute Gasteiger partial charge is 0.396 e. The lowest BCUT2D eigenvalue weighted by molar-refractivity contribution is -0.251. The summed E-state index contributed by atoms with van der Waals surface area (Å²) in [6.45, 7) is -0.0156. The van der Waals surface area contributed by atoms with Gasteiger partial charge < -0.3 is 15.5 Å². The van der Waals surface area contributed by atoms with E-state index in [1.807, 2.05) is 0 Å². The average molecular weight is 321 g/mol. The van der Waals surface area contributed by atoms with Crippen LogP contribution in [0.4, 0.5) is 13.2 Å². The highest BCUT2D eigenvalue weighted by Gasteiger charge is 2.51. The maximum absolute atomic E-state index is 12.8. The first-order valence-corrected chi connectivity index (χ1v) is 7.23. The van der Waals surface area contributed by atoms with Crippen molar-refractivity contribution < 1.29 is 23.4 Å². The first kappa shape index (κ1) is 17.2. The highest BCUT2D eigenvalue weighted by Crippen LogP contribution is 2.50. The molecule has 0 aliphatic heterocycles. The normalized spacial score (nSPS) is 22.0. The molecule has 0 spiro atoms. The number of nitrogens with zero attached hydrogens (tertiary/aromatic N) is 2. The van der Waals surface area contributed by atoms with Crippen molar-refractivity contribution in [2.45, 2.75) is 44.0 Å². The monoisotopic (exact) mass is 321 g/mol. The van der Waals surface area contributed by atoms with Crippen LogP contribution in [0.2, 0.25) is 0 Å². The molecule has 0 aromatic carbocycles. The SMILES string of the molecule is Cn1cc([C@H](NC[C@@](C)(O)C(F)(F)F)C2(CO)CCC2)cn1. The van der Waals surface area contributed by atoms with E-state index in [0.29, 0.717) is 5.56 Å². The highest BCUT2D eigenvalue weighted by atomic mass is 19.4. The zero-order chi connectivity index (χ0) is 16.6. The Kier molecular flexibility index (Phi) is 4.56. The summed E-state index contributed by atoms with van der Waals surface area (Å²) < 4.78 is 40.0. The third-order valence-corrected chi connectivity index (χ3v) is 4.60. The molecular weight excluding hydrogens is 299 g/mol. The van der Waals surface area contributed by atoms with E-state index >= 15 is 0 Å². The molecule has 0 amide bonds. The average Bonchev–Trinajstić information content (AvgIpc) is 2.77. The minimum atomic E-state index is -4.72. The summed E-state index contributed by atoms with van der Waals surface area (Å²) in [7, 11) is 1.72. The molecule has 0 radical (unpaired) electrons. The number of aliphatic hydroxyl groups excluding tert-OH is 1. The van der Waals surface area contributed by atoms with E-state index in [-0.39, 0.29) is 6.61 Å². The molecule has 1 aliphatic carbocycles. The summed E-state index contributed by atoms with van der Waals surface area (Å²) in [5.41, 5.74) is -2.60. The first-order chi connectivity index (χ1) is 10.1. The van der Waals surface area contributed by atoms with Gasteiger partial charge in [0, 0.05) is 36.8 Å². The third-order valence-electron chi connectivity index (χ3n) is 4.60. The molecule has 1 fully saturated rings. The molecular formula is C14H22F3N3O2. The van der Waals surface area contributed by atoms with Gasteiger partial charge in [0.05, 0.1) is 12.8 Å². The Balaban J connectivity index is 2.19. The topological polar surface area (TPSA) is 70.3 Å². The van der Waals surface area contributed by atoms with Crippen LogP contribution in [0, 0.1) is 5.41 Å². The lowest BCUT2D eigenvalue weighted by atomic mass is 9.63. The summed E-state index contributed by atoms with van der Waals surface area (Å²) in [6, 6.07) is -0.478. The maximum atomic E-state index is 12.8. The zero-order valence-corrected chi connectivity index (χ0v) is 12.7. The molecule has 0 unspecified atom stereocenters. The van der Waals surface area contributed by atoms with Gasteiger partial charge in [0.2, 0.25) is 0 Å². The van der Waals surface area contributed by atoms with E-state index in [9.17, 15) is 23.4 Å². The van der Waals surface area contributed by atoms with Gasteiger partial charge in [-0.15, -0.1) is 0 Å². The van der Waals surface area contributed by atoms with Crippen molar-refractivity contribution in [1.82, 2.24) is 15.1 Å². The predicted molar refractivity (Wildman–Crippen MR) is 74.0 cm³/mol. The quantitative estimate of drug-likeness (QED) is 0.743. The van der Waals surface area contributed by atoms with Gasteiger partial charge in [-0.25, -0.2) is 0 Å². The standard InChI is InChI=1S/C14H22F3N3O2/c1-12(22,14(15,16)17)8-18-11(10-6-19-20(2)7-10)13(9-21)4-3-5-13/h6-7,11,18,21-22H,3-5,8-9H2,1-2H3/t11-,12+/m0/s1. The van der Waals surface area contributed by atoms with E-state index in [0.717, 1.165) is 26.2 Å². The Morgan fingerprint density at radius 2 is 2.09 bits per heavy atom. The minimum absolute atomic E-state index is 0.117. The minimum Gasteiger partial charge on any atom is -0.396 e. The summed E-state index contributed by atoms with van der Waals surface area (Å²) in [5, 5.41) is 26.2. The second-order valence-electron chi connectivity index (χ2n) is 6.41. The molecule has 3 N–H and O–H groups in total. The molecule has 22 heavy (non-hydrogen) atoms. The Morgan fingerprint density at radius 3 is 2.45 bits per heavy atom. The molecule has 0 saturated heterocycles. The fourth-order valence-corrected chi connectivity index (χ4v) is 2.85. The summed E-state index contributed by atoms with van der Waals surface area (Å²) in [4.78, 5) is 0. The summed E-state index contributed by atoms with van der Waals surface area (Å²) in [5.74, 6) is 0. The molecule has 1 aliphatic rings. The van der Waals surface area contributed by atoms with Crippen molar-refractivity contribution in [2.75, 3.05) is 13.2 Å². The lowest BCUT2D eigenvalue weighted by Crippen LogP contribution is -2.54. The van der Waals surface area contributed by atoms with Crippen molar-refractivity contribution in [3.63, 3.8) is 0 Å². The van der Waals surface area contributed by atoms with Crippen LogP contribution in [-0.2, 0) is 7.05 Å². The van der Waals surface area contributed by atoms with Gasteiger partial charge in [-0.1, -0.05) is 6.42 Å². The molecule has 0 bridgehead atoms. The number of alkyl halides is 3. The molecule has 126 valence electrons. The van der Waals surface area contributed by atoms with Crippen molar-refractivity contribution in [2.24, 2.45) is 12.5 Å². The molecule has 2 rings (SSSR count). The van der Waals surface area contributed by atoms with Gasteiger partial charge in [0.1, 0.15) is 0 Å². The van der Waals surface area contributed by atoms with Gasteiger partial charge in [0.15, 0.2) is 5.60 Å². The van der Waals surface area contributed by atoms with Crippen LogP contribution >= 0.6 is 0 Å². The van der Waals surface area contributed by atoms with Crippen molar-refractivity contribution in [3.8, 4) is 0 Å². The largest absolute Gasteiger partial charge is 0.418 e. The molecule has 1 aromatic rings. The third kappa shape index (κ3) is 3.13. The van der Waals surface area contributed by atoms with E-state index < -0.39 is 29.8 Å². The maximum Gasteiger partial charge on any atom is 0.418 e. The van der Waals surface area contributed by atoms with Crippen LogP contribution in [0.15, 0.2) is 12.4 Å². The van der Waals surface area contributed by atoms with Gasteiger partial charge >= 0.3 is 6.18 Å². The van der Waals surface area contributed by atoms with Gasteiger partial charge in [-0.2, -0.15) is 18.3 Å². The Bertz CT molecular complexity index is 504. The predicted octanol–water partition coefficient (Wildman–Crippen LogP) is 1.53. The second-order valence-corrected chi connectivity index (χ2v) is 6.41. The van der Waals surface area contributed by atoms with Crippen LogP contribution in [0.1, 0.15) is 37.8 Å². The Hall–Kier alpha value is -1.12. The number of nitrogens with one attached hydrogen (secondary N) is 1. The van der Waals surface area contributed by atoms with Crippen LogP contribution < -0.4 is 5.32 Å².